The lowest BCUT2D eigenvalue weighted by Crippen LogP contribution is -2.42. The number of benzene rings is 2. The number of ether oxygens (including phenoxy) is 1. The van der Waals surface area contributed by atoms with Gasteiger partial charge in [-0.15, -0.1) is 0 Å². The van der Waals surface area contributed by atoms with Gasteiger partial charge in [0.2, 0.25) is 0 Å². The van der Waals surface area contributed by atoms with Crippen LogP contribution < -0.4 is 0 Å². The van der Waals surface area contributed by atoms with Gasteiger partial charge in [0.1, 0.15) is 11.9 Å². The highest BCUT2D eigenvalue weighted by atomic mass is 19.1. The van der Waals surface area contributed by atoms with Crippen molar-refractivity contribution in [3.05, 3.63) is 65.6 Å². The predicted molar refractivity (Wildman–Crippen MR) is 87.1 cm³/mol. The normalized spacial score (nSPS) is 18.0. The molecule has 1 aliphatic heterocycles. The van der Waals surface area contributed by atoms with E-state index in [1.807, 2.05) is 24.3 Å². The van der Waals surface area contributed by atoms with Crippen LogP contribution in [0.25, 0.3) is 10.9 Å². The zero-order valence-electron chi connectivity index (χ0n) is 12.9. The van der Waals surface area contributed by atoms with Crippen LogP contribution in [0.3, 0.4) is 0 Å². The highest BCUT2D eigenvalue weighted by molar-refractivity contribution is 6.04. The molecule has 0 saturated carbocycles. The lowest BCUT2D eigenvalue weighted by Gasteiger charge is -2.33. The molecule has 24 heavy (non-hydrogen) atoms. The van der Waals surface area contributed by atoms with Crippen LogP contribution in [-0.2, 0) is 4.74 Å². The quantitative estimate of drug-likeness (QED) is 0.788. The number of nitrogens with one attached hydrogen (secondary N) is 1. The average Bonchev–Trinajstić information content (AvgIpc) is 3.06. The number of hydrogen-bond acceptors (Lipinski definition) is 3. The number of carbonyl (C=O) groups excluding carboxylic acids is 1. The molecule has 0 aliphatic carbocycles. The fourth-order valence-electron chi connectivity index (χ4n) is 3.03. The Morgan fingerprint density at radius 2 is 2.00 bits per heavy atom. The number of aromatic nitrogens is 2. The fourth-order valence-corrected chi connectivity index (χ4v) is 3.03. The number of halogens is 1. The standard InChI is InChI=1S/C18H16FN3O2/c19-14-7-3-1-5-12(14)16-11-22(9-10-24-16)18(23)17-13-6-2-4-8-15(13)20-21-17/h1-8,16H,9-11H2,(H,20,21)/t16-/m1/s1. The molecule has 1 aliphatic rings. The van der Waals surface area contributed by atoms with Crippen LogP contribution in [0.15, 0.2) is 48.5 Å². The maximum atomic E-state index is 14.0. The Kier molecular flexibility index (Phi) is 3.74. The average molecular weight is 325 g/mol. The third-order valence-electron chi connectivity index (χ3n) is 4.28. The first-order valence-corrected chi connectivity index (χ1v) is 7.82. The van der Waals surface area contributed by atoms with Gasteiger partial charge >= 0.3 is 0 Å². The maximum absolute atomic E-state index is 14.0. The van der Waals surface area contributed by atoms with Crippen LogP contribution in [0, 0.1) is 5.82 Å². The summed E-state index contributed by atoms with van der Waals surface area (Å²) in [6.45, 7) is 1.14. The van der Waals surface area contributed by atoms with Crippen molar-refractivity contribution in [2.45, 2.75) is 6.10 Å². The molecule has 0 bridgehead atoms. The zero-order valence-corrected chi connectivity index (χ0v) is 12.9. The number of H-pyrrole nitrogens is 1. The van der Waals surface area contributed by atoms with Gasteiger partial charge in [0, 0.05) is 17.5 Å². The van der Waals surface area contributed by atoms with Crippen molar-refractivity contribution in [1.29, 1.82) is 0 Å². The molecule has 1 fully saturated rings. The van der Waals surface area contributed by atoms with Crippen LogP contribution in [-0.4, -0.2) is 40.7 Å². The number of para-hydroxylation sites is 1. The van der Waals surface area contributed by atoms with E-state index in [-0.39, 0.29) is 11.7 Å². The van der Waals surface area contributed by atoms with E-state index in [1.165, 1.54) is 6.07 Å². The van der Waals surface area contributed by atoms with Gasteiger partial charge in [-0.1, -0.05) is 36.4 Å². The summed E-state index contributed by atoms with van der Waals surface area (Å²) in [5, 5.41) is 7.81. The molecule has 0 radical (unpaired) electrons. The van der Waals surface area contributed by atoms with Crippen molar-refractivity contribution in [3.63, 3.8) is 0 Å². The Labute approximate surface area is 138 Å². The van der Waals surface area contributed by atoms with E-state index in [2.05, 4.69) is 10.2 Å². The summed E-state index contributed by atoms with van der Waals surface area (Å²) in [7, 11) is 0. The Morgan fingerprint density at radius 3 is 2.88 bits per heavy atom. The van der Waals surface area contributed by atoms with E-state index in [4.69, 9.17) is 4.74 Å². The molecule has 0 unspecified atom stereocenters. The van der Waals surface area contributed by atoms with Crippen LogP contribution >= 0.6 is 0 Å². The second kappa shape index (κ2) is 6.05. The van der Waals surface area contributed by atoms with Gasteiger partial charge in [-0.2, -0.15) is 5.10 Å². The largest absolute Gasteiger partial charge is 0.370 e. The van der Waals surface area contributed by atoms with Gasteiger partial charge in [-0.25, -0.2) is 4.39 Å². The number of aromatic amines is 1. The van der Waals surface area contributed by atoms with E-state index in [1.54, 1.807) is 23.1 Å². The molecule has 3 aromatic rings. The smallest absolute Gasteiger partial charge is 0.275 e. The molecular weight excluding hydrogens is 309 g/mol. The minimum atomic E-state index is -0.464. The van der Waals surface area contributed by atoms with Gasteiger partial charge in [-0.05, 0) is 12.1 Å². The van der Waals surface area contributed by atoms with E-state index in [0.717, 1.165) is 10.9 Å². The highest BCUT2D eigenvalue weighted by Crippen LogP contribution is 2.26. The molecule has 1 N–H and O–H groups in total. The van der Waals surface area contributed by atoms with E-state index in [0.29, 0.717) is 31.0 Å². The second-order valence-electron chi connectivity index (χ2n) is 5.75. The summed E-state index contributed by atoms with van der Waals surface area (Å²) in [6, 6.07) is 14.0. The molecule has 1 amide bonds. The molecule has 2 heterocycles. The lowest BCUT2D eigenvalue weighted by molar-refractivity contribution is -0.0244. The Morgan fingerprint density at radius 1 is 1.21 bits per heavy atom. The van der Waals surface area contributed by atoms with Crippen molar-refractivity contribution < 1.29 is 13.9 Å². The third-order valence-corrected chi connectivity index (χ3v) is 4.28. The number of amides is 1. The van der Waals surface area contributed by atoms with Crippen molar-refractivity contribution in [2.75, 3.05) is 19.7 Å². The van der Waals surface area contributed by atoms with Gasteiger partial charge < -0.3 is 9.64 Å². The topological polar surface area (TPSA) is 58.2 Å². The minimum Gasteiger partial charge on any atom is -0.370 e. The number of nitrogens with zero attached hydrogens (tertiary/aromatic N) is 2. The molecule has 5 nitrogen and oxygen atoms in total. The monoisotopic (exact) mass is 325 g/mol. The van der Waals surface area contributed by atoms with Crippen LogP contribution in [0.4, 0.5) is 4.39 Å². The summed E-state index contributed by atoms with van der Waals surface area (Å²) in [4.78, 5) is 14.5. The van der Waals surface area contributed by atoms with Gasteiger partial charge in [0.05, 0.1) is 18.7 Å². The van der Waals surface area contributed by atoms with E-state index < -0.39 is 6.10 Å². The highest BCUT2D eigenvalue weighted by Gasteiger charge is 2.29. The molecule has 1 atom stereocenters. The van der Waals surface area contributed by atoms with Crippen LogP contribution in [0.5, 0.6) is 0 Å². The maximum Gasteiger partial charge on any atom is 0.275 e. The summed E-state index contributed by atoms with van der Waals surface area (Å²) in [5.74, 6) is -0.487. The first-order valence-electron chi connectivity index (χ1n) is 7.82. The molecule has 2 aromatic carbocycles. The Bertz CT molecular complexity index is 893. The SMILES string of the molecule is O=C(c1n[nH]c2ccccc12)N1CCO[C@@H](c2ccccc2F)C1. The third kappa shape index (κ3) is 2.55. The van der Waals surface area contributed by atoms with Crippen LogP contribution in [0.1, 0.15) is 22.2 Å². The lowest BCUT2D eigenvalue weighted by atomic mass is 10.1. The van der Waals surface area contributed by atoms with Gasteiger partial charge in [-0.3, -0.25) is 9.89 Å². The van der Waals surface area contributed by atoms with Gasteiger partial charge in [0.25, 0.3) is 5.91 Å². The van der Waals surface area contributed by atoms with Crippen molar-refractivity contribution >= 4 is 16.8 Å². The van der Waals surface area contributed by atoms with Crippen molar-refractivity contribution in [3.8, 4) is 0 Å². The summed E-state index contributed by atoms with van der Waals surface area (Å²) in [5.41, 5.74) is 1.68. The first kappa shape index (κ1) is 14.8. The van der Waals surface area contributed by atoms with Crippen molar-refractivity contribution in [1.82, 2.24) is 15.1 Å². The number of fused-ring (bicyclic) bond motifs is 1. The number of carbonyl (C=O) groups is 1. The Balaban J connectivity index is 1.60. The number of rotatable bonds is 2. The molecule has 0 spiro atoms. The van der Waals surface area contributed by atoms with E-state index >= 15 is 0 Å². The molecule has 122 valence electrons. The summed E-state index contributed by atoms with van der Waals surface area (Å²) >= 11 is 0. The van der Waals surface area contributed by atoms with E-state index in [9.17, 15) is 9.18 Å². The Hall–Kier alpha value is -2.73. The molecule has 1 saturated heterocycles. The number of morpholine rings is 1. The zero-order chi connectivity index (χ0) is 16.5. The van der Waals surface area contributed by atoms with Crippen LogP contribution in [0.2, 0.25) is 0 Å². The second-order valence-corrected chi connectivity index (χ2v) is 5.75. The van der Waals surface area contributed by atoms with Gasteiger partial charge in [0.15, 0.2) is 5.69 Å². The predicted octanol–water partition coefficient (Wildman–Crippen LogP) is 2.92. The molecule has 1 aromatic heterocycles. The molecule has 6 heteroatoms. The molecular formula is C18H16FN3O2. The number of hydrogen-bond donors (Lipinski definition) is 1. The molecule has 4 rings (SSSR count). The minimum absolute atomic E-state index is 0.169. The summed E-state index contributed by atoms with van der Waals surface area (Å²) < 4.78 is 19.7. The fraction of sp³-hybridized carbons (Fsp3) is 0.222. The summed E-state index contributed by atoms with van der Waals surface area (Å²) in [6.07, 6.45) is -0.464. The van der Waals surface area contributed by atoms with Crippen molar-refractivity contribution in [2.24, 2.45) is 0 Å². The first-order chi connectivity index (χ1) is 11.7.